The first kappa shape index (κ1) is 11.1. The lowest BCUT2D eigenvalue weighted by Crippen LogP contribution is -2.14. The van der Waals surface area contributed by atoms with Gasteiger partial charge in [-0.25, -0.2) is 8.42 Å². The van der Waals surface area contributed by atoms with Crippen LogP contribution in [-0.4, -0.2) is 19.7 Å². The van der Waals surface area contributed by atoms with Crippen molar-refractivity contribution in [1.29, 1.82) is 0 Å². The van der Waals surface area contributed by atoms with E-state index >= 15 is 0 Å². The van der Waals surface area contributed by atoms with Gasteiger partial charge in [-0.15, -0.1) is 0 Å². The average Bonchev–Trinajstić information content (AvgIpc) is 2.01. The van der Waals surface area contributed by atoms with Gasteiger partial charge < -0.3 is 5.73 Å². The van der Waals surface area contributed by atoms with Crippen LogP contribution in [0.2, 0.25) is 0 Å². The van der Waals surface area contributed by atoms with Crippen molar-refractivity contribution in [3.05, 3.63) is 35.4 Å². The van der Waals surface area contributed by atoms with E-state index in [0.717, 1.165) is 0 Å². The van der Waals surface area contributed by atoms with Crippen LogP contribution < -0.4 is 5.73 Å². The second-order valence-electron chi connectivity index (χ2n) is 3.09. The van der Waals surface area contributed by atoms with Crippen molar-refractivity contribution in [2.45, 2.75) is 5.75 Å². The molecule has 1 rings (SSSR count). The molecule has 76 valence electrons. The average molecular weight is 229 g/mol. The lowest BCUT2D eigenvalue weighted by Gasteiger charge is -2.05. The summed E-state index contributed by atoms with van der Waals surface area (Å²) in [5.41, 5.74) is 6.76. The molecule has 0 radical (unpaired) electrons. The molecule has 3 nitrogen and oxygen atoms in total. The Bertz CT molecular complexity index is 452. The summed E-state index contributed by atoms with van der Waals surface area (Å²) in [6.45, 7) is 0. The molecule has 2 N–H and O–H groups in total. The topological polar surface area (TPSA) is 60.2 Å². The van der Waals surface area contributed by atoms with Crippen LogP contribution in [0.4, 0.5) is 0 Å². The Kier molecular flexibility index (Phi) is 3.23. The molecular weight excluding hydrogens is 218 g/mol. The summed E-state index contributed by atoms with van der Waals surface area (Å²) in [4.78, 5) is 0.226. The third-order valence-corrected chi connectivity index (χ3v) is 2.76. The smallest absolute Gasteiger partial charge is 0.151 e. The SMILES string of the molecule is CS(=O)(=O)Cc1ccccc1C(N)=S. The van der Waals surface area contributed by atoms with Gasteiger partial charge in [0.2, 0.25) is 0 Å². The third-order valence-electron chi connectivity index (χ3n) is 1.70. The van der Waals surface area contributed by atoms with Crippen molar-refractivity contribution >= 4 is 27.0 Å². The van der Waals surface area contributed by atoms with Crippen molar-refractivity contribution in [3.63, 3.8) is 0 Å². The first-order valence-corrected chi connectivity index (χ1v) is 6.42. The van der Waals surface area contributed by atoms with Crippen LogP contribution in [0.1, 0.15) is 11.1 Å². The predicted molar refractivity (Wildman–Crippen MR) is 60.9 cm³/mol. The molecule has 0 aliphatic carbocycles. The minimum Gasteiger partial charge on any atom is -0.389 e. The molecular formula is C9H11NO2S2. The van der Waals surface area contributed by atoms with E-state index in [0.29, 0.717) is 11.1 Å². The number of sulfone groups is 1. The van der Waals surface area contributed by atoms with Crippen LogP contribution in [0.25, 0.3) is 0 Å². The number of benzene rings is 1. The minimum atomic E-state index is -3.05. The molecule has 0 aliphatic rings. The molecule has 0 fully saturated rings. The minimum absolute atomic E-state index is 0.0273. The molecule has 0 bridgehead atoms. The monoisotopic (exact) mass is 229 g/mol. The highest BCUT2D eigenvalue weighted by Crippen LogP contribution is 2.11. The van der Waals surface area contributed by atoms with Crippen LogP contribution in [0.5, 0.6) is 0 Å². The summed E-state index contributed by atoms with van der Waals surface area (Å²) in [5.74, 6) is -0.0273. The normalized spacial score (nSPS) is 11.2. The molecule has 14 heavy (non-hydrogen) atoms. The molecule has 0 saturated heterocycles. The fourth-order valence-electron chi connectivity index (χ4n) is 1.17. The summed E-state index contributed by atoms with van der Waals surface area (Å²) in [6, 6.07) is 6.99. The fraction of sp³-hybridized carbons (Fsp3) is 0.222. The predicted octanol–water partition coefficient (Wildman–Crippen LogP) is 0.865. The van der Waals surface area contributed by atoms with Crippen LogP contribution in [0, 0.1) is 0 Å². The number of nitrogens with two attached hydrogens (primary N) is 1. The van der Waals surface area contributed by atoms with E-state index in [1.54, 1.807) is 24.3 Å². The molecule has 5 heteroatoms. The Morgan fingerprint density at radius 1 is 1.43 bits per heavy atom. The zero-order valence-corrected chi connectivity index (χ0v) is 9.36. The van der Waals surface area contributed by atoms with E-state index in [1.807, 2.05) is 0 Å². The highest BCUT2D eigenvalue weighted by atomic mass is 32.2. The van der Waals surface area contributed by atoms with E-state index in [2.05, 4.69) is 0 Å². The van der Waals surface area contributed by atoms with E-state index in [-0.39, 0.29) is 10.7 Å². The van der Waals surface area contributed by atoms with Crippen LogP contribution >= 0.6 is 12.2 Å². The Morgan fingerprint density at radius 2 is 2.00 bits per heavy atom. The maximum Gasteiger partial charge on any atom is 0.151 e. The van der Waals surface area contributed by atoms with Gasteiger partial charge in [-0.3, -0.25) is 0 Å². The summed E-state index contributed by atoms with van der Waals surface area (Å²) >= 11 is 4.82. The number of hydrogen-bond acceptors (Lipinski definition) is 3. The summed E-state index contributed by atoms with van der Waals surface area (Å²) < 4.78 is 22.2. The van der Waals surface area contributed by atoms with Crippen molar-refractivity contribution in [2.75, 3.05) is 6.26 Å². The first-order valence-electron chi connectivity index (χ1n) is 3.95. The van der Waals surface area contributed by atoms with Gasteiger partial charge in [-0.2, -0.15) is 0 Å². The van der Waals surface area contributed by atoms with Gasteiger partial charge in [0.1, 0.15) is 4.99 Å². The van der Waals surface area contributed by atoms with E-state index in [4.69, 9.17) is 18.0 Å². The standard InChI is InChI=1S/C9H11NO2S2/c1-14(11,12)6-7-4-2-3-5-8(7)9(10)13/h2-5H,6H2,1H3,(H2,10,13). The van der Waals surface area contributed by atoms with E-state index in [1.165, 1.54) is 6.26 Å². The van der Waals surface area contributed by atoms with E-state index < -0.39 is 9.84 Å². The van der Waals surface area contributed by atoms with Gasteiger partial charge in [0.25, 0.3) is 0 Å². The number of rotatable bonds is 3. The van der Waals surface area contributed by atoms with Crippen LogP contribution in [0.3, 0.4) is 0 Å². The van der Waals surface area contributed by atoms with Gasteiger partial charge in [0.05, 0.1) is 5.75 Å². The van der Waals surface area contributed by atoms with Gasteiger partial charge in [-0.1, -0.05) is 36.5 Å². The summed E-state index contributed by atoms with van der Waals surface area (Å²) in [6.07, 6.45) is 1.18. The Balaban J connectivity index is 3.15. The highest BCUT2D eigenvalue weighted by Gasteiger charge is 2.09. The van der Waals surface area contributed by atoms with E-state index in [9.17, 15) is 8.42 Å². The Morgan fingerprint density at radius 3 is 2.50 bits per heavy atom. The summed E-state index contributed by atoms with van der Waals surface area (Å²) in [5, 5.41) is 0. The lowest BCUT2D eigenvalue weighted by atomic mass is 10.1. The number of thiocarbonyl (C=S) groups is 1. The zero-order valence-electron chi connectivity index (χ0n) is 7.73. The van der Waals surface area contributed by atoms with Gasteiger partial charge in [0.15, 0.2) is 9.84 Å². The highest BCUT2D eigenvalue weighted by molar-refractivity contribution is 7.89. The zero-order chi connectivity index (χ0) is 10.8. The third kappa shape index (κ3) is 3.08. The van der Waals surface area contributed by atoms with Gasteiger partial charge in [0, 0.05) is 11.8 Å². The lowest BCUT2D eigenvalue weighted by molar-refractivity contribution is 0.601. The Labute approximate surface area is 88.9 Å². The quantitative estimate of drug-likeness (QED) is 0.781. The molecule has 0 aliphatic heterocycles. The van der Waals surface area contributed by atoms with Crippen molar-refractivity contribution in [3.8, 4) is 0 Å². The molecule has 0 atom stereocenters. The second-order valence-corrected chi connectivity index (χ2v) is 5.67. The maximum atomic E-state index is 11.1. The van der Waals surface area contributed by atoms with Crippen molar-refractivity contribution in [1.82, 2.24) is 0 Å². The maximum absolute atomic E-state index is 11.1. The van der Waals surface area contributed by atoms with Crippen molar-refractivity contribution < 1.29 is 8.42 Å². The van der Waals surface area contributed by atoms with Crippen molar-refractivity contribution in [2.24, 2.45) is 5.73 Å². The molecule has 1 aromatic rings. The fourth-order valence-corrected chi connectivity index (χ4v) is 2.18. The van der Waals surface area contributed by atoms with Crippen LogP contribution in [0.15, 0.2) is 24.3 Å². The molecule has 1 aromatic carbocycles. The molecule has 0 heterocycles. The molecule has 0 aromatic heterocycles. The Hall–Kier alpha value is -0.940. The van der Waals surface area contributed by atoms with Gasteiger partial charge in [-0.05, 0) is 5.56 Å². The van der Waals surface area contributed by atoms with Crippen LogP contribution in [-0.2, 0) is 15.6 Å². The largest absolute Gasteiger partial charge is 0.389 e. The second kappa shape index (κ2) is 4.06. The molecule has 0 saturated carbocycles. The summed E-state index contributed by atoms with van der Waals surface area (Å²) in [7, 11) is -3.05. The first-order chi connectivity index (χ1) is 6.40. The molecule has 0 spiro atoms. The number of hydrogen-bond donors (Lipinski definition) is 1. The molecule has 0 amide bonds. The molecule has 0 unspecified atom stereocenters. The van der Waals surface area contributed by atoms with Gasteiger partial charge >= 0.3 is 0 Å².